The number of hydrogen-bond acceptors (Lipinski definition) is 9. The predicted molar refractivity (Wildman–Crippen MR) is 29.1 cm³/mol. The van der Waals surface area contributed by atoms with Crippen LogP contribution in [0.5, 0.6) is 0 Å². The van der Waals surface area contributed by atoms with E-state index in [2.05, 4.69) is 0 Å². The number of rotatable bonds is 0. The predicted octanol–water partition coefficient (Wildman–Crippen LogP) is -3.01. The van der Waals surface area contributed by atoms with Crippen LogP contribution in [0.2, 0.25) is 0 Å². The summed E-state index contributed by atoms with van der Waals surface area (Å²) in [4.78, 5) is 0. The zero-order valence-electron chi connectivity index (χ0n) is 5.40. The average Bonchev–Trinajstić information content (AvgIpc) is 1.54. The van der Waals surface area contributed by atoms with Gasteiger partial charge in [-0.25, -0.2) is 0 Å². The molecule has 9 nitrogen and oxygen atoms in total. The molecule has 0 aliphatic heterocycles. The molecule has 0 atom stereocenters. The first kappa shape index (κ1) is 23.8. The summed E-state index contributed by atoms with van der Waals surface area (Å²) in [7, 11) is 0. The minimum absolute atomic E-state index is 0. The molecule has 0 aromatic rings. The summed E-state index contributed by atoms with van der Waals surface area (Å²) in [5.41, 5.74) is 0. The van der Waals surface area contributed by atoms with Gasteiger partial charge < -0.3 is 27.3 Å². The van der Waals surface area contributed by atoms with Gasteiger partial charge in [-0.1, -0.05) is 0 Å². The van der Waals surface area contributed by atoms with Crippen LogP contribution >= 0.6 is 0 Å². The van der Waals surface area contributed by atoms with Crippen LogP contribution < -0.4 is 0 Å². The average molecular weight is 478 g/mol. The zero-order chi connectivity index (χ0) is 10.7. The van der Waals surface area contributed by atoms with Gasteiger partial charge in [0.15, 0.2) is 0 Å². The van der Waals surface area contributed by atoms with Gasteiger partial charge in [0.05, 0.1) is 0 Å². The molecule has 82 valence electrons. The van der Waals surface area contributed by atoms with Gasteiger partial charge >= 0.3 is 0 Å². The standard InChI is InChI=1S/3H2O3S.U/c3*1-4(2)3;/h3*(H2,1,2,3);/p-6. The van der Waals surface area contributed by atoms with Crippen LogP contribution in [0.25, 0.3) is 0 Å². The molecule has 0 unspecified atom stereocenters. The first-order valence-corrected chi connectivity index (χ1v) is 4.50. The smallest absolute Gasteiger partial charge is 0 e. The van der Waals surface area contributed by atoms with Crippen LogP contribution in [0.3, 0.4) is 0 Å². The van der Waals surface area contributed by atoms with Crippen molar-refractivity contribution < 1.29 is 71.1 Å². The van der Waals surface area contributed by atoms with Gasteiger partial charge in [-0.3, -0.25) is 12.6 Å². The fourth-order valence-electron chi connectivity index (χ4n) is 0. The Morgan fingerprint density at radius 3 is 0.538 bits per heavy atom. The van der Waals surface area contributed by atoms with Crippen molar-refractivity contribution in [3.8, 4) is 0 Å². The third-order valence-corrected chi connectivity index (χ3v) is 0. The van der Waals surface area contributed by atoms with Gasteiger partial charge in [0.25, 0.3) is 0 Å². The van der Waals surface area contributed by atoms with Gasteiger partial charge in [0.1, 0.15) is 0 Å². The molecule has 0 saturated carbocycles. The molecule has 0 aromatic heterocycles. The Hall–Kier alpha value is 1.26. The van der Waals surface area contributed by atoms with Crippen molar-refractivity contribution in [3.63, 3.8) is 0 Å². The maximum absolute atomic E-state index is 8.44. The van der Waals surface area contributed by atoms with Crippen LogP contribution in [0, 0.1) is 31.1 Å². The molecule has 0 aliphatic rings. The fraction of sp³-hybridized carbons (Fsp3) is 0. The quantitative estimate of drug-likeness (QED) is 0.326. The van der Waals surface area contributed by atoms with Gasteiger partial charge in [-0.2, -0.15) is 0 Å². The molecular formula is O9S3U-6. The maximum atomic E-state index is 8.44. The summed E-state index contributed by atoms with van der Waals surface area (Å²) in [6.45, 7) is 0. The van der Waals surface area contributed by atoms with Crippen molar-refractivity contribution in [2.24, 2.45) is 0 Å². The van der Waals surface area contributed by atoms with Gasteiger partial charge in [-0.05, 0) is 0 Å². The SMILES string of the molecule is O=S([O-])[O-].O=S([O-])[O-].O=S([O-])[O-].[U]. The summed E-state index contributed by atoms with van der Waals surface area (Å²) in [6, 6.07) is 0. The summed E-state index contributed by atoms with van der Waals surface area (Å²) in [6.07, 6.45) is 0. The van der Waals surface area contributed by atoms with Gasteiger partial charge in [0, 0.05) is 31.1 Å². The van der Waals surface area contributed by atoms with Crippen molar-refractivity contribution in [2.45, 2.75) is 0 Å². The molecule has 0 amide bonds. The summed E-state index contributed by atoms with van der Waals surface area (Å²) >= 11 is -9.33. The van der Waals surface area contributed by atoms with E-state index in [0.717, 1.165) is 0 Å². The van der Waals surface area contributed by atoms with Crippen molar-refractivity contribution in [1.82, 2.24) is 0 Å². The second-order valence-electron chi connectivity index (χ2n) is 0.612. The first-order chi connectivity index (χ1) is 5.20. The molecule has 0 bridgehead atoms. The van der Waals surface area contributed by atoms with Crippen LogP contribution in [0.1, 0.15) is 0 Å². The molecule has 0 N–H and O–H groups in total. The van der Waals surface area contributed by atoms with E-state index < -0.39 is 34.1 Å². The molecule has 0 rings (SSSR count). The molecule has 0 aromatic carbocycles. The Labute approximate surface area is 104 Å². The van der Waals surface area contributed by atoms with Gasteiger partial charge in [-0.15, -0.1) is 34.1 Å². The molecule has 13 heteroatoms. The zero-order valence-corrected chi connectivity index (χ0v) is 12.0. The van der Waals surface area contributed by atoms with Crippen molar-refractivity contribution in [2.75, 3.05) is 0 Å². The molecule has 0 spiro atoms. The minimum atomic E-state index is -3.11. The second kappa shape index (κ2) is 18.9. The van der Waals surface area contributed by atoms with Crippen molar-refractivity contribution in [3.05, 3.63) is 0 Å². The molecule has 0 heterocycles. The monoisotopic (exact) mass is 478 g/mol. The fourth-order valence-corrected chi connectivity index (χ4v) is 0. The minimum Gasteiger partial charge on any atom is -0.784 e. The maximum Gasteiger partial charge on any atom is 0 e. The van der Waals surface area contributed by atoms with Gasteiger partial charge in [0.2, 0.25) is 0 Å². The Kier molecular flexibility index (Phi) is 34.7. The summed E-state index contributed by atoms with van der Waals surface area (Å²) < 4.78 is 76.0. The molecule has 13 heavy (non-hydrogen) atoms. The van der Waals surface area contributed by atoms with E-state index in [4.69, 9.17) is 39.9 Å². The number of hydrogen-bond donors (Lipinski definition) is 0. The van der Waals surface area contributed by atoms with Crippen LogP contribution in [0.15, 0.2) is 0 Å². The van der Waals surface area contributed by atoms with E-state index in [9.17, 15) is 0 Å². The second-order valence-corrected chi connectivity index (χ2v) is 1.84. The largest absolute Gasteiger partial charge is 0.784 e. The normalized spacial score (nSPS) is 8.08. The van der Waals surface area contributed by atoms with E-state index in [0.29, 0.717) is 0 Å². The molecule has 0 saturated heterocycles. The van der Waals surface area contributed by atoms with Crippen molar-refractivity contribution >= 4 is 34.1 Å². The summed E-state index contributed by atoms with van der Waals surface area (Å²) in [5.74, 6) is 0. The van der Waals surface area contributed by atoms with E-state index in [-0.39, 0.29) is 31.1 Å². The molecule has 0 aliphatic carbocycles. The molecule has 0 fully saturated rings. The first-order valence-electron chi connectivity index (χ1n) is 1.50. The third-order valence-electron chi connectivity index (χ3n) is 0. The Morgan fingerprint density at radius 1 is 0.538 bits per heavy atom. The third kappa shape index (κ3) is 1060. The molecule has 0 radical (unpaired) electrons. The van der Waals surface area contributed by atoms with E-state index in [1.54, 1.807) is 0 Å². The van der Waals surface area contributed by atoms with Crippen LogP contribution in [-0.2, 0) is 34.1 Å². The van der Waals surface area contributed by atoms with Crippen LogP contribution in [-0.4, -0.2) is 39.9 Å². The summed E-state index contributed by atoms with van der Waals surface area (Å²) in [5, 5.41) is 0. The topological polar surface area (TPSA) is 190 Å². The van der Waals surface area contributed by atoms with E-state index in [1.165, 1.54) is 0 Å². The van der Waals surface area contributed by atoms with Crippen molar-refractivity contribution in [1.29, 1.82) is 0 Å². The Balaban J connectivity index is -0.0000000450. The molecular weight excluding hydrogens is 478 g/mol. The Morgan fingerprint density at radius 2 is 0.538 bits per heavy atom. The van der Waals surface area contributed by atoms with E-state index >= 15 is 0 Å². The Bertz CT molecular complexity index is 112. The van der Waals surface area contributed by atoms with E-state index in [1.807, 2.05) is 0 Å². The van der Waals surface area contributed by atoms with Crippen LogP contribution in [0.4, 0.5) is 0 Å².